The first-order valence-corrected chi connectivity index (χ1v) is 18.3. The van der Waals surface area contributed by atoms with Gasteiger partial charge in [0.15, 0.2) is 0 Å². The molecule has 3 fully saturated rings. The van der Waals surface area contributed by atoms with Gasteiger partial charge in [0.05, 0.1) is 7.11 Å². The number of fused-ring (bicyclic) bond motifs is 1. The van der Waals surface area contributed by atoms with Gasteiger partial charge in [-0.3, -0.25) is 24.6 Å². The van der Waals surface area contributed by atoms with E-state index < -0.39 is 6.04 Å². The number of benzene rings is 3. The first-order chi connectivity index (χ1) is 24.2. The van der Waals surface area contributed by atoms with Gasteiger partial charge in [0.1, 0.15) is 11.8 Å². The quantitative estimate of drug-likeness (QED) is 0.199. The SMILES string of the molecule is COc1cc(-c2cn(C)c(=O)c3ccccc23)cc(Cl)c1CN1CCC(N2CCC(c3ccc(NC4CCC(=O)NC4=O)cc3Cl)CC2)CC1. The van der Waals surface area contributed by atoms with Crippen LogP contribution in [0.3, 0.4) is 0 Å². The molecule has 3 aliphatic rings. The molecule has 0 aliphatic carbocycles. The summed E-state index contributed by atoms with van der Waals surface area (Å²) in [5.41, 5.74) is 4.79. The van der Waals surface area contributed by atoms with Crippen LogP contribution in [-0.4, -0.2) is 71.6 Å². The van der Waals surface area contributed by atoms with Crippen molar-refractivity contribution in [2.75, 3.05) is 38.6 Å². The number of hydrogen-bond acceptors (Lipinski definition) is 7. The lowest BCUT2D eigenvalue weighted by atomic mass is 9.87. The zero-order chi connectivity index (χ0) is 34.9. The summed E-state index contributed by atoms with van der Waals surface area (Å²) in [4.78, 5) is 41.5. The van der Waals surface area contributed by atoms with Crippen LogP contribution in [0.2, 0.25) is 10.0 Å². The van der Waals surface area contributed by atoms with Crippen molar-refractivity contribution in [3.05, 3.63) is 92.3 Å². The van der Waals surface area contributed by atoms with Gasteiger partial charge in [-0.2, -0.15) is 0 Å². The fourth-order valence-corrected chi connectivity index (χ4v) is 8.58. The second-order valence-corrected chi connectivity index (χ2v) is 14.7. The van der Waals surface area contributed by atoms with Crippen molar-refractivity contribution in [1.29, 1.82) is 0 Å². The summed E-state index contributed by atoms with van der Waals surface area (Å²) in [5.74, 6) is 0.651. The molecule has 4 aromatic rings. The van der Waals surface area contributed by atoms with Gasteiger partial charge in [0, 0.05) is 64.5 Å². The third-order valence-electron chi connectivity index (χ3n) is 10.8. The van der Waals surface area contributed by atoms with Crippen LogP contribution >= 0.6 is 23.2 Å². The van der Waals surface area contributed by atoms with Crippen LogP contribution in [-0.2, 0) is 23.2 Å². The van der Waals surface area contributed by atoms with E-state index in [1.807, 2.05) is 54.7 Å². The zero-order valence-corrected chi connectivity index (χ0v) is 30.0. The minimum Gasteiger partial charge on any atom is -0.496 e. The molecular formula is C39H43Cl2N5O4. The Balaban J connectivity index is 0.942. The van der Waals surface area contributed by atoms with Gasteiger partial charge >= 0.3 is 0 Å². The molecule has 7 rings (SSSR count). The normalized spacial score (nSPS) is 19.9. The Morgan fingerprint density at radius 1 is 0.880 bits per heavy atom. The predicted molar refractivity (Wildman–Crippen MR) is 199 cm³/mol. The zero-order valence-electron chi connectivity index (χ0n) is 28.5. The summed E-state index contributed by atoms with van der Waals surface area (Å²) in [5, 5.41) is 8.59. The molecule has 2 N–H and O–H groups in total. The third kappa shape index (κ3) is 7.15. The monoisotopic (exact) mass is 715 g/mol. The number of carbonyl (C=O) groups is 2. The number of rotatable bonds is 8. The van der Waals surface area contributed by atoms with E-state index in [0.29, 0.717) is 35.2 Å². The van der Waals surface area contributed by atoms with Crippen LogP contribution < -0.4 is 20.9 Å². The highest BCUT2D eigenvalue weighted by Crippen LogP contribution is 2.38. The second kappa shape index (κ2) is 14.8. The Labute approximate surface area is 302 Å². The maximum atomic E-state index is 12.7. The van der Waals surface area contributed by atoms with Crippen LogP contribution in [0.4, 0.5) is 5.69 Å². The Morgan fingerprint density at radius 2 is 1.62 bits per heavy atom. The molecule has 1 unspecified atom stereocenters. The minimum atomic E-state index is -0.428. The summed E-state index contributed by atoms with van der Waals surface area (Å²) >= 11 is 13.7. The number of amides is 2. The van der Waals surface area contributed by atoms with E-state index in [2.05, 4.69) is 26.5 Å². The van der Waals surface area contributed by atoms with Crippen molar-refractivity contribution in [2.45, 2.75) is 63.1 Å². The Kier molecular flexibility index (Phi) is 10.2. The van der Waals surface area contributed by atoms with E-state index >= 15 is 0 Å². The van der Waals surface area contributed by atoms with Crippen molar-refractivity contribution < 1.29 is 14.3 Å². The molecule has 0 spiro atoms. The molecule has 50 heavy (non-hydrogen) atoms. The molecular weight excluding hydrogens is 673 g/mol. The van der Waals surface area contributed by atoms with Gasteiger partial charge < -0.3 is 19.5 Å². The Morgan fingerprint density at radius 3 is 2.32 bits per heavy atom. The molecule has 262 valence electrons. The summed E-state index contributed by atoms with van der Waals surface area (Å²) in [6.45, 7) is 4.79. The van der Waals surface area contributed by atoms with Crippen molar-refractivity contribution >= 4 is 51.5 Å². The number of halogens is 2. The molecule has 11 heteroatoms. The summed E-state index contributed by atoms with van der Waals surface area (Å²) < 4.78 is 7.51. The first-order valence-electron chi connectivity index (χ1n) is 17.5. The molecule has 3 aliphatic heterocycles. The van der Waals surface area contributed by atoms with E-state index in [-0.39, 0.29) is 17.4 Å². The lowest BCUT2D eigenvalue weighted by molar-refractivity contribution is -0.133. The summed E-state index contributed by atoms with van der Waals surface area (Å²) in [6.07, 6.45) is 7.02. The van der Waals surface area contributed by atoms with Crippen molar-refractivity contribution in [3.8, 4) is 16.9 Å². The number of likely N-dealkylation sites (tertiary alicyclic amines) is 2. The van der Waals surface area contributed by atoms with Crippen molar-refractivity contribution in [2.24, 2.45) is 7.05 Å². The second-order valence-electron chi connectivity index (χ2n) is 13.8. The van der Waals surface area contributed by atoms with Gasteiger partial charge in [-0.15, -0.1) is 0 Å². The Bertz CT molecular complexity index is 1980. The molecule has 3 aromatic carbocycles. The summed E-state index contributed by atoms with van der Waals surface area (Å²) in [7, 11) is 3.46. The number of ether oxygens (including phenoxy) is 1. The molecule has 0 bridgehead atoms. The van der Waals surface area contributed by atoms with E-state index in [4.69, 9.17) is 27.9 Å². The number of carbonyl (C=O) groups excluding carboxylic acids is 2. The number of aromatic nitrogens is 1. The number of aryl methyl sites for hydroxylation is 1. The van der Waals surface area contributed by atoms with Gasteiger partial charge in [0.2, 0.25) is 11.8 Å². The molecule has 4 heterocycles. The van der Waals surface area contributed by atoms with Crippen LogP contribution in [0.15, 0.2) is 65.6 Å². The molecule has 9 nitrogen and oxygen atoms in total. The highest BCUT2D eigenvalue weighted by Gasteiger charge is 2.31. The molecule has 1 atom stereocenters. The van der Waals surface area contributed by atoms with Crippen LogP contribution in [0.25, 0.3) is 21.9 Å². The van der Waals surface area contributed by atoms with Crippen molar-refractivity contribution in [3.63, 3.8) is 0 Å². The van der Waals surface area contributed by atoms with E-state index in [9.17, 15) is 14.4 Å². The van der Waals surface area contributed by atoms with E-state index in [1.54, 1.807) is 18.7 Å². The van der Waals surface area contributed by atoms with Gasteiger partial charge in [-0.1, -0.05) is 47.5 Å². The predicted octanol–water partition coefficient (Wildman–Crippen LogP) is 6.58. The molecule has 0 radical (unpaired) electrons. The van der Waals surface area contributed by atoms with Crippen LogP contribution in [0, 0.1) is 0 Å². The lowest BCUT2D eigenvalue weighted by Crippen LogP contribution is -2.47. The van der Waals surface area contributed by atoms with E-state index in [1.165, 1.54) is 0 Å². The number of nitrogens with zero attached hydrogens (tertiary/aromatic N) is 3. The number of imide groups is 1. The van der Waals surface area contributed by atoms with Gasteiger partial charge in [-0.05, 0) is 111 Å². The number of pyridine rings is 1. The average Bonchev–Trinajstić information content (AvgIpc) is 3.12. The molecule has 1 aromatic heterocycles. The fraction of sp³-hybridized carbons (Fsp3) is 0.410. The molecule has 0 saturated carbocycles. The van der Waals surface area contributed by atoms with Crippen LogP contribution in [0.1, 0.15) is 55.6 Å². The topological polar surface area (TPSA) is 95.9 Å². The van der Waals surface area contributed by atoms with Crippen LogP contribution in [0.5, 0.6) is 5.75 Å². The lowest BCUT2D eigenvalue weighted by Gasteiger charge is -2.42. The highest BCUT2D eigenvalue weighted by atomic mass is 35.5. The highest BCUT2D eigenvalue weighted by molar-refractivity contribution is 6.32. The first kappa shape index (κ1) is 34.6. The fourth-order valence-electron chi connectivity index (χ4n) is 7.97. The third-order valence-corrected chi connectivity index (χ3v) is 11.4. The van der Waals surface area contributed by atoms with Crippen molar-refractivity contribution in [1.82, 2.24) is 19.7 Å². The summed E-state index contributed by atoms with van der Waals surface area (Å²) in [6, 6.07) is 17.8. The number of hydrogen-bond donors (Lipinski definition) is 2. The smallest absolute Gasteiger partial charge is 0.258 e. The largest absolute Gasteiger partial charge is 0.496 e. The average molecular weight is 717 g/mol. The standard InChI is InChI=1S/C39H43Cl2N5O4/c1-44-22-31(29-5-3-4-6-30(29)39(44)49)25-19-33(40)32(36(20-25)50-2)23-45-15-13-27(14-16-45)46-17-11-24(12-18-46)28-8-7-26(21-34(28)41)42-35-9-10-37(47)43-38(35)48/h3-8,19-22,24,27,35,42H,9-18,23H2,1-2H3,(H,43,47,48). The molecule has 3 saturated heterocycles. The van der Waals surface area contributed by atoms with Gasteiger partial charge in [0.25, 0.3) is 5.56 Å². The molecule has 2 amide bonds. The maximum absolute atomic E-state index is 12.7. The van der Waals surface area contributed by atoms with Gasteiger partial charge in [-0.25, -0.2) is 0 Å². The number of piperidine rings is 3. The van der Waals surface area contributed by atoms with E-state index in [0.717, 1.165) is 103 Å². The number of nitrogens with one attached hydrogen (secondary N) is 2. The number of anilines is 1. The minimum absolute atomic E-state index is 0.0240. The number of methoxy groups -OCH3 is 1. The Hall–Kier alpha value is -3.89. The maximum Gasteiger partial charge on any atom is 0.258 e.